The third-order valence-electron chi connectivity index (χ3n) is 4.01. The molecule has 0 radical (unpaired) electrons. The van der Waals surface area contributed by atoms with Gasteiger partial charge in [0.25, 0.3) is 0 Å². The Morgan fingerprint density at radius 2 is 1.91 bits per heavy atom. The summed E-state index contributed by atoms with van der Waals surface area (Å²) < 4.78 is 10.8. The van der Waals surface area contributed by atoms with Crippen LogP contribution in [0.2, 0.25) is 0 Å². The van der Waals surface area contributed by atoms with Crippen LogP contribution in [0.3, 0.4) is 0 Å². The van der Waals surface area contributed by atoms with Gasteiger partial charge in [0.05, 0.1) is 19.8 Å². The fourth-order valence-corrected chi connectivity index (χ4v) is 2.57. The van der Waals surface area contributed by atoms with Gasteiger partial charge in [-0.25, -0.2) is 0 Å². The average Bonchev–Trinajstić information content (AvgIpc) is 2.54. The Hall–Kier alpha value is -1.32. The van der Waals surface area contributed by atoms with E-state index >= 15 is 0 Å². The van der Waals surface area contributed by atoms with Gasteiger partial charge >= 0.3 is 0 Å². The maximum Gasteiger partial charge on any atom is 0.118 e. The molecule has 0 unspecified atom stereocenters. The van der Waals surface area contributed by atoms with E-state index in [1.165, 1.54) is 0 Å². The van der Waals surface area contributed by atoms with E-state index in [2.05, 4.69) is 20.4 Å². The monoisotopic (exact) mass is 306 g/mol. The second-order valence-electron chi connectivity index (χ2n) is 6.09. The van der Waals surface area contributed by atoms with Crippen LogP contribution in [0, 0.1) is 11.8 Å². The van der Waals surface area contributed by atoms with Crippen LogP contribution in [-0.4, -0.2) is 24.9 Å². The summed E-state index contributed by atoms with van der Waals surface area (Å²) in [6, 6.07) is 7.96. The number of hydrogen-bond donors (Lipinski definition) is 1. The molecule has 1 N–H and O–H groups in total. The third kappa shape index (κ3) is 7.10. The molecule has 1 aromatic carbocycles. The molecule has 22 heavy (non-hydrogen) atoms. The lowest BCUT2D eigenvalue weighted by Gasteiger charge is -2.19. The summed E-state index contributed by atoms with van der Waals surface area (Å²) in [5, 5.41) is 9.70. The van der Waals surface area contributed by atoms with Gasteiger partial charge in [0.15, 0.2) is 0 Å². The Balaban J connectivity index is 2.12. The zero-order valence-electron chi connectivity index (χ0n) is 14.1. The van der Waals surface area contributed by atoms with Crippen molar-refractivity contribution < 1.29 is 14.6 Å². The number of rotatable bonds is 11. The Labute approximate surface area is 135 Å². The minimum absolute atomic E-state index is 0.271. The Morgan fingerprint density at radius 3 is 2.50 bits per heavy atom. The molecule has 1 rings (SSSR count). The van der Waals surface area contributed by atoms with Crippen molar-refractivity contribution in [1.29, 1.82) is 0 Å². The molecule has 0 saturated carbocycles. The number of methoxy groups -OCH3 is 1. The second kappa shape index (κ2) is 10.4. The number of ether oxygens (including phenoxy) is 2. The van der Waals surface area contributed by atoms with Crippen molar-refractivity contribution in [2.45, 2.75) is 45.8 Å². The quantitative estimate of drug-likeness (QED) is 0.492. The molecule has 0 aliphatic heterocycles. The van der Waals surface area contributed by atoms with E-state index < -0.39 is 6.10 Å². The number of aliphatic hydroxyl groups excluding tert-OH is 1. The van der Waals surface area contributed by atoms with Gasteiger partial charge in [-0.2, -0.15) is 0 Å². The summed E-state index contributed by atoms with van der Waals surface area (Å²) in [5.74, 6) is 1.73. The molecule has 0 aliphatic carbocycles. The number of benzene rings is 1. The smallest absolute Gasteiger partial charge is 0.118 e. The fraction of sp³-hybridized carbons (Fsp3) is 0.579. The van der Waals surface area contributed by atoms with Gasteiger partial charge in [-0.15, -0.1) is 6.58 Å². The molecule has 0 amide bonds. The Morgan fingerprint density at radius 1 is 1.23 bits per heavy atom. The van der Waals surface area contributed by atoms with Crippen molar-refractivity contribution >= 4 is 0 Å². The van der Waals surface area contributed by atoms with Crippen LogP contribution in [0.15, 0.2) is 36.9 Å². The van der Waals surface area contributed by atoms with Crippen LogP contribution in [0.25, 0.3) is 0 Å². The van der Waals surface area contributed by atoms with Crippen molar-refractivity contribution in [2.75, 3.05) is 13.7 Å². The van der Waals surface area contributed by atoms with Crippen LogP contribution >= 0.6 is 0 Å². The summed E-state index contributed by atoms with van der Waals surface area (Å²) >= 11 is 0. The van der Waals surface area contributed by atoms with Gasteiger partial charge in [-0.3, -0.25) is 0 Å². The highest BCUT2D eigenvalue weighted by atomic mass is 16.5. The summed E-state index contributed by atoms with van der Waals surface area (Å²) in [4.78, 5) is 0. The molecule has 124 valence electrons. The first kappa shape index (κ1) is 18.7. The molecule has 0 bridgehead atoms. The highest BCUT2D eigenvalue weighted by Crippen LogP contribution is 2.20. The Bertz CT molecular complexity index is 413. The van der Waals surface area contributed by atoms with Gasteiger partial charge in [-0.1, -0.05) is 32.1 Å². The molecule has 0 saturated heterocycles. The SMILES string of the molecule is C=C[C@@H](O)[C@@H](C)C[C@@H](C)CCCOCc1ccc(OC)cc1. The molecule has 1 aromatic rings. The van der Waals surface area contributed by atoms with Crippen molar-refractivity contribution in [3.8, 4) is 5.75 Å². The summed E-state index contributed by atoms with van der Waals surface area (Å²) in [7, 11) is 1.67. The normalized spacial score (nSPS) is 15.1. The minimum Gasteiger partial charge on any atom is -0.497 e. The molecule has 0 aliphatic rings. The first-order valence-electron chi connectivity index (χ1n) is 8.08. The third-order valence-corrected chi connectivity index (χ3v) is 4.01. The molecular weight excluding hydrogens is 276 g/mol. The summed E-state index contributed by atoms with van der Waals surface area (Å²) in [6.07, 6.45) is 4.42. The van der Waals surface area contributed by atoms with Crippen LogP contribution in [0.5, 0.6) is 5.75 Å². The van der Waals surface area contributed by atoms with Crippen molar-refractivity contribution in [1.82, 2.24) is 0 Å². The van der Waals surface area contributed by atoms with Crippen molar-refractivity contribution in [3.05, 3.63) is 42.5 Å². The molecule has 3 atom stereocenters. The first-order chi connectivity index (χ1) is 10.6. The van der Waals surface area contributed by atoms with E-state index in [1.54, 1.807) is 13.2 Å². The fourth-order valence-electron chi connectivity index (χ4n) is 2.57. The van der Waals surface area contributed by atoms with Crippen LogP contribution in [-0.2, 0) is 11.3 Å². The lowest BCUT2D eigenvalue weighted by Crippen LogP contribution is -2.17. The summed E-state index contributed by atoms with van der Waals surface area (Å²) in [5.41, 5.74) is 1.16. The zero-order valence-corrected chi connectivity index (χ0v) is 14.1. The molecule has 3 nitrogen and oxygen atoms in total. The average molecular weight is 306 g/mol. The van der Waals surface area contributed by atoms with Crippen molar-refractivity contribution in [3.63, 3.8) is 0 Å². The van der Waals surface area contributed by atoms with Gasteiger partial charge in [0, 0.05) is 6.61 Å². The van der Waals surface area contributed by atoms with E-state index in [0.29, 0.717) is 12.5 Å². The maximum atomic E-state index is 9.70. The molecule has 0 spiro atoms. The van der Waals surface area contributed by atoms with Crippen LogP contribution in [0.4, 0.5) is 0 Å². The van der Waals surface area contributed by atoms with E-state index in [1.807, 2.05) is 24.3 Å². The first-order valence-corrected chi connectivity index (χ1v) is 8.08. The molecule has 0 aromatic heterocycles. The van der Waals surface area contributed by atoms with Crippen LogP contribution < -0.4 is 4.74 Å². The van der Waals surface area contributed by atoms with Crippen molar-refractivity contribution in [2.24, 2.45) is 11.8 Å². The highest BCUT2D eigenvalue weighted by molar-refractivity contribution is 5.26. The molecule has 0 heterocycles. The van der Waals surface area contributed by atoms with Gasteiger partial charge < -0.3 is 14.6 Å². The predicted octanol–water partition coefficient (Wildman–Crippen LogP) is 4.20. The Kier molecular flexibility index (Phi) is 8.86. The lowest BCUT2D eigenvalue weighted by molar-refractivity contribution is 0.109. The summed E-state index contributed by atoms with van der Waals surface area (Å²) in [6.45, 7) is 9.36. The minimum atomic E-state index is -0.395. The predicted molar refractivity (Wildman–Crippen MR) is 91.0 cm³/mol. The van der Waals surface area contributed by atoms with E-state index in [9.17, 15) is 5.11 Å². The molecule has 3 heteroatoms. The number of aliphatic hydroxyl groups is 1. The maximum absolute atomic E-state index is 9.70. The highest BCUT2D eigenvalue weighted by Gasteiger charge is 2.14. The standard InChI is InChI=1S/C19H30O3/c1-5-19(20)16(3)13-15(2)7-6-12-22-14-17-8-10-18(21-4)11-9-17/h5,8-11,15-16,19-20H,1,6-7,12-14H2,2-4H3/t15-,16-,19+/m0/s1. The molecular formula is C19H30O3. The molecule has 0 fully saturated rings. The van der Waals surface area contributed by atoms with Crippen LogP contribution in [0.1, 0.15) is 38.7 Å². The topological polar surface area (TPSA) is 38.7 Å². The van der Waals surface area contributed by atoms with E-state index in [4.69, 9.17) is 9.47 Å². The van der Waals surface area contributed by atoms with E-state index in [0.717, 1.165) is 37.2 Å². The van der Waals surface area contributed by atoms with Gasteiger partial charge in [-0.05, 0) is 48.8 Å². The van der Waals surface area contributed by atoms with E-state index in [-0.39, 0.29) is 5.92 Å². The van der Waals surface area contributed by atoms with Gasteiger partial charge in [0.2, 0.25) is 0 Å². The largest absolute Gasteiger partial charge is 0.497 e. The van der Waals surface area contributed by atoms with Gasteiger partial charge in [0.1, 0.15) is 5.75 Å². The number of hydrogen-bond acceptors (Lipinski definition) is 3. The lowest BCUT2D eigenvalue weighted by atomic mass is 9.90. The second-order valence-corrected chi connectivity index (χ2v) is 6.09. The zero-order chi connectivity index (χ0) is 16.4.